The molecule has 0 N–H and O–H groups in total. The fraction of sp³-hybridized carbons (Fsp3) is 0.800. The molecule has 2 aliphatic rings. The monoisotopic (exact) mass is 551 g/mol. The molecule has 0 saturated heterocycles. The van der Waals surface area contributed by atoms with Gasteiger partial charge in [0.15, 0.2) is 0 Å². The van der Waals surface area contributed by atoms with Crippen molar-refractivity contribution in [1.29, 1.82) is 0 Å². The Bertz CT molecular complexity index is 782. The lowest BCUT2D eigenvalue weighted by Crippen LogP contribution is -2.38. The van der Waals surface area contributed by atoms with Crippen LogP contribution in [0.3, 0.4) is 0 Å². The summed E-state index contributed by atoms with van der Waals surface area (Å²) in [5.41, 5.74) is 1.67. The molecule has 2 rings (SSSR count). The molecule has 0 amide bonds. The third-order valence-corrected chi connectivity index (χ3v) is 11.7. The van der Waals surface area contributed by atoms with Gasteiger partial charge in [-0.25, -0.2) is 0 Å². The van der Waals surface area contributed by atoms with Gasteiger partial charge in [-0.3, -0.25) is 0 Å². The van der Waals surface area contributed by atoms with Gasteiger partial charge in [-0.05, 0) is 123 Å². The quantitative estimate of drug-likeness (QED) is 0.149. The van der Waals surface area contributed by atoms with Crippen molar-refractivity contribution in [1.82, 2.24) is 0 Å². The van der Waals surface area contributed by atoms with E-state index in [1.54, 1.807) is 0 Å². The van der Waals surface area contributed by atoms with Gasteiger partial charge in [0, 0.05) is 0 Å². The predicted molar refractivity (Wildman–Crippen MR) is 181 cm³/mol. The van der Waals surface area contributed by atoms with Gasteiger partial charge in [-0.1, -0.05) is 123 Å². The molecular weight excluding hydrogens is 480 g/mol. The minimum Gasteiger partial charge on any atom is -0.103 e. The lowest BCUT2D eigenvalue weighted by atomic mass is 9.59. The van der Waals surface area contributed by atoms with E-state index in [4.69, 9.17) is 0 Å². The molecule has 0 aromatic carbocycles. The molecule has 40 heavy (non-hydrogen) atoms. The summed E-state index contributed by atoms with van der Waals surface area (Å²) in [6, 6.07) is 0. The number of hydrogen-bond donors (Lipinski definition) is 0. The van der Waals surface area contributed by atoms with E-state index in [2.05, 4.69) is 98.9 Å². The van der Waals surface area contributed by atoms with Gasteiger partial charge >= 0.3 is 0 Å². The number of rotatable bonds is 18. The second-order valence-corrected chi connectivity index (χ2v) is 15.0. The maximum absolute atomic E-state index is 4.58. The van der Waals surface area contributed by atoms with Gasteiger partial charge in [0.2, 0.25) is 0 Å². The molecule has 0 fully saturated rings. The van der Waals surface area contributed by atoms with E-state index in [0.29, 0.717) is 5.92 Å². The van der Waals surface area contributed by atoms with E-state index in [-0.39, 0.29) is 5.41 Å². The zero-order chi connectivity index (χ0) is 29.7. The molecule has 0 nitrogen and oxygen atoms in total. The molecule has 9 unspecified atom stereocenters. The molecule has 0 aliphatic heterocycles. The van der Waals surface area contributed by atoms with Crippen molar-refractivity contribution < 1.29 is 0 Å². The molecule has 230 valence electrons. The van der Waals surface area contributed by atoms with Crippen LogP contribution in [0.15, 0.2) is 49.1 Å². The summed E-state index contributed by atoms with van der Waals surface area (Å²) in [7, 11) is 0. The summed E-state index contributed by atoms with van der Waals surface area (Å²) in [6.45, 7) is 28.6. The van der Waals surface area contributed by atoms with Crippen molar-refractivity contribution in [2.24, 2.45) is 58.7 Å². The van der Waals surface area contributed by atoms with Crippen LogP contribution in [0, 0.1) is 58.7 Å². The second kappa shape index (κ2) is 17.8. The van der Waals surface area contributed by atoms with E-state index in [9.17, 15) is 0 Å². The van der Waals surface area contributed by atoms with Crippen LogP contribution in [0.4, 0.5) is 0 Å². The topological polar surface area (TPSA) is 0 Å². The average molecular weight is 551 g/mol. The van der Waals surface area contributed by atoms with Gasteiger partial charge in [-0.15, -0.1) is 6.58 Å². The Labute approximate surface area is 252 Å². The first kappa shape index (κ1) is 35.2. The summed E-state index contributed by atoms with van der Waals surface area (Å²) in [5, 5.41) is 0. The minimum atomic E-state index is 0.236. The van der Waals surface area contributed by atoms with Crippen LogP contribution >= 0.6 is 0 Å². The van der Waals surface area contributed by atoms with Crippen LogP contribution in [0.2, 0.25) is 0 Å². The third kappa shape index (κ3) is 10.1. The van der Waals surface area contributed by atoms with Crippen LogP contribution in [-0.2, 0) is 0 Å². The lowest BCUT2D eigenvalue weighted by molar-refractivity contribution is 0.0678. The highest BCUT2D eigenvalue weighted by Crippen LogP contribution is 2.50. The smallest absolute Gasteiger partial charge is 0.0118 e. The highest BCUT2D eigenvalue weighted by Gasteiger charge is 2.41. The normalized spacial score (nSPS) is 25.8. The first-order chi connectivity index (χ1) is 19.1. The summed E-state index contributed by atoms with van der Waals surface area (Å²) in [6.07, 6.45) is 30.8. The van der Waals surface area contributed by atoms with Crippen molar-refractivity contribution >= 4 is 0 Å². The Kier molecular flexibility index (Phi) is 15.7. The van der Waals surface area contributed by atoms with E-state index in [0.717, 1.165) is 47.3 Å². The van der Waals surface area contributed by atoms with Gasteiger partial charge in [-0.2, -0.15) is 0 Å². The standard InChI is InChI=1S/C40H70/c1-11-32(8)37(31(6)7)38(34-23-17-14-15-18-24-34)33(9)22-21-27-36(29-28-30(4)5)39(40(10,12-2)13-3)35-25-19-16-20-26-35/h12,14,16-17,19,30,32-39H,2,6,11,13,15,18,20-29H2,1,3-5,7-10H3. The Morgan fingerprint density at radius 1 is 0.875 bits per heavy atom. The summed E-state index contributed by atoms with van der Waals surface area (Å²) in [4.78, 5) is 0. The first-order valence-corrected chi connectivity index (χ1v) is 17.7. The van der Waals surface area contributed by atoms with E-state index >= 15 is 0 Å². The molecule has 2 aliphatic carbocycles. The lowest BCUT2D eigenvalue weighted by Gasteiger charge is -2.46. The summed E-state index contributed by atoms with van der Waals surface area (Å²) in [5.74, 6) is 6.85. The van der Waals surface area contributed by atoms with E-state index in [1.807, 2.05) is 0 Å². The van der Waals surface area contributed by atoms with Crippen LogP contribution < -0.4 is 0 Å². The van der Waals surface area contributed by atoms with Gasteiger partial charge in [0.1, 0.15) is 0 Å². The highest BCUT2D eigenvalue weighted by atomic mass is 14.5. The molecule has 0 heteroatoms. The molecular formula is C40H70. The molecule has 9 atom stereocenters. The molecule has 0 bridgehead atoms. The fourth-order valence-electron chi connectivity index (χ4n) is 8.98. The Morgan fingerprint density at radius 3 is 2.10 bits per heavy atom. The summed E-state index contributed by atoms with van der Waals surface area (Å²) >= 11 is 0. The fourth-order valence-corrected chi connectivity index (χ4v) is 8.98. The van der Waals surface area contributed by atoms with Crippen LogP contribution in [0.25, 0.3) is 0 Å². The highest BCUT2D eigenvalue weighted by molar-refractivity contribution is 5.06. The Hall–Kier alpha value is -1.04. The van der Waals surface area contributed by atoms with Gasteiger partial charge < -0.3 is 0 Å². The SMILES string of the molecule is C=CC(C)(CC)C(C1CC=CCC1)C(CCCC(C)C(C1CC=CCCC1)C(C(=C)C)C(C)CC)CCC(C)C. The first-order valence-electron chi connectivity index (χ1n) is 17.7. The Morgan fingerprint density at radius 2 is 1.55 bits per heavy atom. The van der Waals surface area contributed by atoms with Crippen molar-refractivity contribution in [2.45, 2.75) is 145 Å². The van der Waals surface area contributed by atoms with E-state index in [1.165, 1.54) is 95.5 Å². The minimum absolute atomic E-state index is 0.236. The average Bonchev–Trinajstić information content (AvgIpc) is 3.23. The largest absolute Gasteiger partial charge is 0.103 e. The third-order valence-electron chi connectivity index (χ3n) is 11.7. The number of allylic oxidation sites excluding steroid dienone is 6. The maximum Gasteiger partial charge on any atom is -0.0118 e. The summed E-state index contributed by atoms with van der Waals surface area (Å²) < 4.78 is 0. The van der Waals surface area contributed by atoms with Crippen LogP contribution in [0.1, 0.15) is 145 Å². The molecule has 0 radical (unpaired) electrons. The Balaban J connectivity index is 2.29. The molecule has 0 heterocycles. The number of hydrogen-bond acceptors (Lipinski definition) is 0. The van der Waals surface area contributed by atoms with Gasteiger partial charge in [0.05, 0.1) is 0 Å². The van der Waals surface area contributed by atoms with Crippen LogP contribution in [0.5, 0.6) is 0 Å². The molecule has 0 saturated carbocycles. The van der Waals surface area contributed by atoms with Crippen LogP contribution in [-0.4, -0.2) is 0 Å². The zero-order valence-corrected chi connectivity index (χ0v) is 28.4. The maximum atomic E-state index is 4.58. The van der Waals surface area contributed by atoms with Gasteiger partial charge in [0.25, 0.3) is 0 Å². The van der Waals surface area contributed by atoms with Crippen molar-refractivity contribution in [3.05, 3.63) is 49.1 Å². The molecule has 0 aromatic rings. The van der Waals surface area contributed by atoms with Crippen molar-refractivity contribution in [3.63, 3.8) is 0 Å². The van der Waals surface area contributed by atoms with Crippen molar-refractivity contribution in [3.8, 4) is 0 Å². The van der Waals surface area contributed by atoms with E-state index < -0.39 is 0 Å². The predicted octanol–water partition coefficient (Wildman–Crippen LogP) is 13.0. The molecule has 0 spiro atoms. The molecule has 0 aromatic heterocycles. The second-order valence-electron chi connectivity index (χ2n) is 15.0. The van der Waals surface area contributed by atoms with Crippen molar-refractivity contribution in [2.75, 3.05) is 0 Å². The zero-order valence-electron chi connectivity index (χ0n) is 28.4.